The Bertz CT molecular complexity index is 797. The Morgan fingerprint density at radius 1 is 1.04 bits per heavy atom. The Labute approximate surface area is 130 Å². The van der Waals surface area contributed by atoms with Crippen molar-refractivity contribution in [2.24, 2.45) is 0 Å². The average molecular weight is 314 g/mol. The van der Waals surface area contributed by atoms with E-state index < -0.39 is 17.8 Å². The maximum Gasteiger partial charge on any atom is 0.336 e. The van der Waals surface area contributed by atoms with Crippen molar-refractivity contribution >= 4 is 17.8 Å². The van der Waals surface area contributed by atoms with E-state index in [1.165, 1.54) is 18.2 Å². The minimum Gasteiger partial charge on any atom is -0.478 e. The summed E-state index contributed by atoms with van der Waals surface area (Å²) in [5, 5.41) is 15.8. The van der Waals surface area contributed by atoms with Gasteiger partial charge in [-0.25, -0.2) is 4.79 Å². The van der Waals surface area contributed by atoms with Crippen LogP contribution in [0.2, 0.25) is 0 Å². The summed E-state index contributed by atoms with van der Waals surface area (Å²) in [6, 6.07) is 5.76. The molecule has 2 amide bonds. The van der Waals surface area contributed by atoms with Gasteiger partial charge in [0.25, 0.3) is 11.8 Å². The Morgan fingerprint density at radius 3 is 2.48 bits per heavy atom. The number of nitrogens with one attached hydrogen (secondary N) is 3. The number of aromatic carboxylic acids is 1. The van der Waals surface area contributed by atoms with Crippen LogP contribution in [0.3, 0.4) is 0 Å². The molecule has 1 heterocycles. The van der Waals surface area contributed by atoms with E-state index in [2.05, 4.69) is 21.0 Å². The van der Waals surface area contributed by atoms with Gasteiger partial charge in [-0.15, -0.1) is 0 Å². The topological polar surface area (TPSA) is 124 Å². The van der Waals surface area contributed by atoms with Crippen LogP contribution in [0.1, 0.15) is 48.9 Å². The maximum atomic E-state index is 12.1. The molecule has 0 saturated heterocycles. The van der Waals surface area contributed by atoms with Crippen molar-refractivity contribution in [2.75, 3.05) is 0 Å². The summed E-state index contributed by atoms with van der Waals surface area (Å²) in [7, 11) is 0. The maximum absolute atomic E-state index is 12.1. The number of hydrazine groups is 1. The predicted molar refractivity (Wildman–Crippen MR) is 78.9 cm³/mol. The van der Waals surface area contributed by atoms with Crippen molar-refractivity contribution in [1.82, 2.24) is 21.0 Å². The summed E-state index contributed by atoms with van der Waals surface area (Å²) >= 11 is 0. The molecule has 0 radical (unpaired) electrons. The third-order valence-corrected chi connectivity index (χ3v) is 3.71. The lowest BCUT2D eigenvalue weighted by Crippen LogP contribution is -2.42. The van der Waals surface area contributed by atoms with Crippen LogP contribution in [0.15, 0.2) is 24.3 Å². The first-order valence-corrected chi connectivity index (χ1v) is 7.07. The van der Waals surface area contributed by atoms with Crippen molar-refractivity contribution in [3.8, 4) is 0 Å². The molecule has 118 valence electrons. The molecule has 4 N–H and O–H groups in total. The number of fused-ring (bicyclic) bond motifs is 1. The van der Waals surface area contributed by atoms with Crippen molar-refractivity contribution in [1.29, 1.82) is 0 Å². The van der Waals surface area contributed by atoms with E-state index >= 15 is 0 Å². The molecule has 0 fully saturated rings. The van der Waals surface area contributed by atoms with Gasteiger partial charge in [0.05, 0.1) is 11.1 Å². The number of hydrogen-bond donors (Lipinski definition) is 4. The summed E-state index contributed by atoms with van der Waals surface area (Å²) in [4.78, 5) is 35.3. The Hall–Kier alpha value is -3.16. The number of rotatable bonds is 3. The number of aryl methyl sites for hydroxylation is 1. The number of carboxylic acids is 1. The number of hydrogen-bond acceptors (Lipinski definition) is 4. The molecule has 0 atom stereocenters. The minimum absolute atomic E-state index is 0.0347. The van der Waals surface area contributed by atoms with Gasteiger partial charge in [0, 0.05) is 11.3 Å². The molecule has 1 aromatic carbocycles. The zero-order valence-electron chi connectivity index (χ0n) is 12.0. The molecule has 1 aliphatic carbocycles. The Balaban J connectivity index is 1.70. The fraction of sp³-hybridized carbons (Fsp3) is 0.200. The number of nitrogens with zero attached hydrogens (tertiary/aromatic N) is 1. The molecule has 8 nitrogen and oxygen atoms in total. The fourth-order valence-corrected chi connectivity index (χ4v) is 2.61. The van der Waals surface area contributed by atoms with E-state index in [9.17, 15) is 14.4 Å². The molecule has 2 aromatic rings. The van der Waals surface area contributed by atoms with Gasteiger partial charge in [-0.1, -0.05) is 12.1 Å². The number of carbonyl (C=O) groups excluding carboxylic acids is 2. The summed E-state index contributed by atoms with van der Waals surface area (Å²) < 4.78 is 0. The van der Waals surface area contributed by atoms with E-state index in [4.69, 9.17) is 5.11 Å². The molecule has 1 aliphatic rings. The highest BCUT2D eigenvalue weighted by Gasteiger charge is 2.23. The highest BCUT2D eigenvalue weighted by molar-refractivity contribution is 6.05. The molecule has 23 heavy (non-hydrogen) atoms. The largest absolute Gasteiger partial charge is 0.478 e. The standard InChI is InChI=1S/C15H14N4O4/c20-13(8-4-1-2-5-9(8)15(22)23)18-19-14(21)12-10-6-3-7-11(10)16-17-12/h1-2,4-5H,3,6-7H2,(H,16,17)(H,18,20)(H,19,21)(H,22,23). The normalized spacial score (nSPS) is 12.5. The molecular weight excluding hydrogens is 300 g/mol. The van der Waals surface area contributed by atoms with E-state index in [-0.39, 0.29) is 16.8 Å². The van der Waals surface area contributed by atoms with Crippen LogP contribution in [-0.4, -0.2) is 33.1 Å². The first-order chi connectivity index (χ1) is 11.1. The second-order valence-corrected chi connectivity index (χ2v) is 5.14. The van der Waals surface area contributed by atoms with E-state index in [0.29, 0.717) is 0 Å². The van der Waals surface area contributed by atoms with Gasteiger partial charge in [0.1, 0.15) is 0 Å². The third-order valence-electron chi connectivity index (χ3n) is 3.71. The quantitative estimate of drug-likeness (QED) is 0.620. The van der Waals surface area contributed by atoms with Crippen LogP contribution in [0.25, 0.3) is 0 Å². The molecule has 0 bridgehead atoms. The van der Waals surface area contributed by atoms with E-state index in [1.54, 1.807) is 6.07 Å². The Kier molecular flexibility index (Phi) is 3.80. The number of carbonyl (C=O) groups is 3. The molecule has 1 aromatic heterocycles. The molecule has 0 saturated carbocycles. The number of benzene rings is 1. The molecule has 3 rings (SSSR count). The van der Waals surface area contributed by atoms with Crippen molar-refractivity contribution in [3.63, 3.8) is 0 Å². The molecular formula is C15H14N4O4. The minimum atomic E-state index is -1.22. The fourth-order valence-electron chi connectivity index (χ4n) is 2.61. The lowest BCUT2D eigenvalue weighted by atomic mass is 10.1. The average Bonchev–Trinajstić information content (AvgIpc) is 3.15. The van der Waals surface area contributed by atoms with Gasteiger partial charge >= 0.3 is 5.97 Å². The number of amides is 2. The van der Waals surface area contributed by atoms with Crippen LogP contribution >= 0.6 is 0 Å². The molecule has 8 heteroatoms. The van der Waals surface area contributed by atoms with Crippen molar-refractivity contribution in [3.05, 3.63) is 52.3 Å². The highest BCUT2D eigenvalue weighted by atomic mass is 16.4. The van der Waals surface area contributed by atoms with E-state index in [1.807, 2.05) is 0 Å². The van der Waals surface area contributed by atoms with Gasteiger partial charge in [-0.05, 0) is 31.4 Å². The van der Waals surface area contributed by atoms with Crippen LogP contribution in [0.4, 0.5) is 0 Å². The Morgan fingerprint density at radius 2 is 1.74 bits per heavy atom. The molecule has 0 aliphatic heterocycles. The molecule has 0 unspecified atom stereocenters. The monoisotopic (exact) mass is 314 g/mol. The van der Waals surface area contributed by atoms with Gasteiger partial charge < -0.3 is 5.11 Å². The van der Waals surface area contributed by atoms with Crippen LogP contribution in [0, 0.1) is 0 Å². The van der Waals surface area contributed by atoms with Gasteiger partial charge in [-0.3, -0.25) is 25.5 Å². The summed E-state index contributed by atoms with van der Waals surface area (Å²) in [5.41, 5.74) is 6.37. The first-order valence-electron chi connectivity index (χ1n) is 7.07. The zero-order chi connectivity index (χ0) is 16.4. The second-order valence-electron chi connectivity index (χ2n) is 5.14. The highest BCUT2D eigenvalue weighted by Crippen LogP contribution is 2.22. The lowest BCUT2D eigenvalue weighted by Gasteiger charge is -2.08. The predicted octanol–water partition coefficient (Wildman–Crippen LogP) is 0.671. The number of carboxylic acid groups (broad SMARTS) is 1. The molecule has 0 spiro atoms. The summed E-state index contributed by atoms with van der Waals surface area (Å²) in [6.07, 6.45) is 2.58. The lowest BCUT2D eigenvalue weighted by molar-refractivity contribution is 0.0690. The van der Waals surface area contributed by atoms with Gasteiger partial charge in [-0.2, -0.15) is 5.10 Å². The summed E-state index contributed by atoms with van der Waals surface area (Å²) in [6.45, 7) is 0. The van der Waals surface area contributed by atoms with Gasteiger partial charge in [0.2, 0.25) is 0 Å². The number of aromatic nitrogens is 2. The van der Waals surface area contributed by atoms with Gasteiger partial charge in [0.15, 0.2) is 5.69 Å². The van der Waals surface area contributed by atoms with Crippen LogP contribution in [-0.2, 0) is 12.8 Å². The number of aromatic amines is 1. The van der Waals surface area contributed by atoms with Crippen molar-refractivity contribution in [2.45, 2.75) is 19.3 Å². The first kappa shape index (κ1) is 14.8. The van der Waals surface area contributed by atoms with E-state index in [0.717, 1.165) is 30.5 Å². The zero-order valence-corrected chi connectivity index (χ0v) is 12.0. The second kappa shape index (κ2) is 5.91. The van der Waals surface area contributed by atoms with Crippen LogP contribution < -0.4 is 10.9 Å². The number of H-pyrrole nitrogens is 1. The SMILES string of the molecule is O=C(O)c1ccccc1C(=O)NNC(=O)c1n[nH]c2c1CCC2. The van der Waals surface area contributed by atoms with Crippen molar-refractivity contribution < 1.29 is 19.5 Å². The third kappa shape index (κ3) is 2.78. The summed E-state index contributed by atoms with van der Waals surface area (Å²) in [5.74, 6) is -2.46. The smallest absolute Gasteiger partial charge is 0.336 e. The van der Waals surface area contributed by atoms with Crippen LogP contribution in [0.5, 0.6) is 0 Å².